The fourth-order valence-electron chi connectivity index (χ4n) is 2.29. The van der Waals surface area contributed by atoms with Crippen molar-refractivity contribution in [1.29, 1.82) is 0 Å². The molecule has 0 unspecified atom stereocenters. The van der Waals surface area contributed by atoms with E-state index in [2.05, 4.69) is 0 Å². The lowest BCUT2D eigenvalue weighted by Crippen LogP contribution is -2.07. The van der Waals surface area contributed by atoms with Crippen LogP contribution in [0.4, 0.5) is 13.2 Å². The van der Waals surface area contributed by atoms with Crippen LogP contribution in [0.25, 0.3) is 0 Å². The molecule has 0 bridgehead atoms. The van der Waals surface area contributed by atoms with Gasteiger partial charge in [0, 0.05) is 18.4 Å². The van der Waals surface area contributed by atoms with Crippen molar-refractivity contribution in [2.24, 2.45) is 0 Å². The van der Waals surface area contributed by atoms with Gasteiger partial charge in [0.2, 0.25) is 0 Å². The van der Waals surface area contributed by atoms with Gasteiger partial charge in [0.25, 0.3) is 0 Å². The number of carbonyl (C=O) groups is 2. The predicted octanol–water partition coefficient (Wildman–Crippen LogP) is 5.17. The van der Waals surface area contributed by atoms with Gasteiger partial charge in [-0.3, -0.25) is 9.59 Å². The third-order valence-corrected chi connectivity index (χ3v) is 3.99. The molecule has 0 aliphatic rings. The highest BCUT2D eigenvalue weighted by molar-refractivity contribution is 6.34. The van der Waals surface area contributed by atoms with Gasteiger partial charge in [-0.1, -0.05) is 24.6 Å². The molecule has 2 aromatic carbocycles. The Hall–Kier alpha value is -2.14. The maximum Gasteiger partial charge on any atom is 0.169 e. The van der Waals surface area contributed by atoms with E-state index < -0.39 is 29.0 Å². The van der Waals surface area contributed by atoms with E-state index in [9.17, 15) is 22.8 Å². The molecule has 0 amide bonds. The summed E-state index contributed by atoms with van der Waals surface area (Å²) < 4.78 is 40.6. The summed E-state index contributed by atoms with van der Waals surface area (Å²) in [4.78, 5) is 23.8. The first-order chi connectivity index (χ1) is 11.3. The predicted molar refractivity (Wildman–Crippen MR) is 85.0 cm³/mol. The van der Waals surface area contributed by atoms with Gasteiger partial charge in [-0.15, -0.1) is 0 Å². The molecule has 0 saturated carbocycles. The van der Waals surface area contributed by atoms with Gasteiger partial charge < -0.3 is 0 Å². The maximum atomic E-state index is 13.7. The Labute approximate surface area is 142 Å². The first kappa shape index (κ1) is 18.2. The Morgan fingerprint density at radius 1 is 1.00 bits per heavy atom. The lowest BCUT2D eigenvalue weighted by molar-refractivity contribution is 0.0977. The third kappa shape index (κ3) is 3.85. The van der Waals surface area contributed by atoms with Crippen molar-refractivity contribution in [3.8, 4) is 0 Å². The van der Waals surface area contributed by atoms with Crippen molar-refractivity contribution >= 4 is 23.2 Å². The number of carbonyl (C=O) groups excluding carboxylic acids is 2. The average molecular weight is 355 g/mol. The fraction of sp³-hybridized carbons (Fsp3) is 0.222. The van der Waals surface area contributed by atoms with E-state index in [1.54, 1.807) is 6.92 Å². The second-order valence-corrected chi connectivity index (χ2v) is 5.62. The van der Waals surface area contributed by atoms with Crippen LogP contribution in [-0.4, -0.2) is 11.6 Å². The molecule has 6 heteroatoms. The Kier molecular flexibility index (Phi) is 5.78. The van der Waals surface area contributed by atoms with Crippen molar-refractivity contribution < 1.29 is 22.8 Å². The van der Waals surface area contributed by atoms with Crippen LogP contribution in [0.5, 0.6) is 0 Å². The first-order valence-corrected chi connectivity index (χ1v) is 7.71. The van der Waals surface area contributed by atoms with Crippen LogP contribution in [0, 0.1) is 17.5 Å². The van der Waals surface area contributed by atoms with Crippen LogP contribution in [0.15, 0.2) is 30.3 Å². The van der Waals surface area contributed by atoms with Crippen LogP contribution < -0.4 is 0 Å². The molecule has 0 aliphatic carbocycles. The molecule has 0 N–H and O–H groups in total. The third-order valence-electron chi connectivity index (χ3n) is 3.60. The van der Waals surface area contributed by atoms with E-state index in [1.807, 2.05) is 0 Å². The van der Waals surface area contributed by atoms with Gasteiger partial charge in [-0.05, 0) is 36.2 Å². The van der Waals surface area contributed by atoms with Crippen molar-refractivity contribution in [3.05, 3.63) is 69.5 Å². The van der Waals surface area contributed by atoms with Crippen molar-refractivity contribution in [2.75, 3.05) is 0 Å². The summed E-state index contributed by atoms with van der Waals surface area (Å²) in [6.07, 6.45) is 0.0402. The largest absolute Gasteiger partial charge is 0.294 e. The molecule has 0 aromatic heterocycles. The molecular formula is C18H14ClF3O2. The van der Waals surface area contributed by atoms with Gasteiger partial charge in [0.15, 0.2) is 23.2 Å². The zero-order valence-corrected chi connectivity index (χ0v) is 13.6. The molecule has 0 aliphatic heterocycles. The smallest absolute Gasteiger partial charge is 0.169 e. The van der Waals surface area contributed by atoms with Crippen molar-refractivity contribution in [3.63, 3.8) is 0 Å². The van der Waals surface area contributed by atoms with E-state index in [-0.39, 0.29) is 35.4 Å². The van der Waals surface area contributed by atoms with Crippen LogP contribution >= 0.6 is 11.6 Å². The number of rotatable bonds is 6. The molecule has 2 rings (SSSR count). The maximum absolute atomic E-state index is 13.7. The number of halogens is 4. The Morgan fingerprint density at radius 3 is 2.38 bits per heavy atom. The lowest BCUT2D eigenvalue weighted by Gasteiger charge is -2.08. The Balaban J connectivity index is 2.20. The molecule has 0 fully saturated rings. The summed E-state index contributed by atoms with van der Waals surface area (Å²) in [5.41, 5.74) is 0.0134. The summed E-state index contributed by atoms with van der Waals surface area (Å²) in [5.74, 6) is -3.97. The number of hydrogen-bond donors (Lipinski definition) is 0. The van der Waals surface area contributed by atoms with Crippen LogP contribution in [0.2, 0.25) is 5.02 Å². The van der Waals surface area contributed by atoms with E-state index in [0.717, 1.165) is 12.1 Å². The summed E-state index contributed by atoms with van der Waals surface area (Å²) in [7, 11) is 0. The SMILES string of the molecule is CCC(=O)c1cc(CCC(=O)c2cccc(F)c2Cl)cc(F)c1F. The van der Waals surface area contributed by atoms with Crippen LogP contribution in [0.1, 0.15) is 46.0 Å². The van der Waals surface area contributed by atoms with E-state index in [0.29, 0.717) is 5.56 Å². The van der Waals surface area contributed by atoms with Gasteiger partial charge in [0.05, 0.1) is 10.6 Å². The highest BCUT2D eigenvalue weighted by Gasteiger charge is 2.18. The molecule has 0 atom stereocenters. The van der Waals surface area contributed by atoms with E-state index in [1.165, 1.54) is 18.2 Å². The van der Waals surface area contributed by atoms with Crippen molar-refractivity contribution in [2.45, 2.75) is 26.2 Å². The summed E-state index contributed by atoms with van der Waals surface area (Å²) in [6.45, 7) is 1.54. The molecule has 24 heavy (non-hydrogen) atoms. The molecule has 2 nitrogen and oxygen atoms in total. The highest BCUT2D eigenvalue weighted by atomic mass is 35.5. The highest BCUT2D eigenvalue weighted by Crippen LogP contribution is 2.23. The Bertz CT molecular complexity index is 803. The van der Waals surface area contributed by atoms with E-state index >= 15 is 0 Å². The number of benzene rings is 2. The van der Waals surface area contributed by atoms with Crippen LogP contribution in [-0.2, 0) is 6.42 Å². The second-order valence-electron chi connectivity index (χ2n) is 5.24. The monoisotopic (exact) mass is 354 g/mol. The molecule has 0 heterocycles. The van der Waals surface area contributed by atoms with Gasteiger partial charge in [0.1, 0.15) is 5.82 Å². The minimum absolute atomic E-state index is 0.0316. The van der Waals surface area contributed by atoms with Gasteiger partial charge >= 0.3 is 0 Å². The molecule has 0 spiro atoms. The van der Waals surface area contributed by atoms with E-state index in [4.69, 9.17) is 11.6 Å². The number of Topliss-reactive ketones (excluding diaryl/α,β-unsaturated/α-hetero) is 2. The summed E-state index contributed by atoms with van der Waals surface area (Å²) >= 11 is 5.75. The lowest BCUT2D eigenvalue weighted by atomic mass is 9.99. The summed E-state index contributed by atoms with van der Waals surface area (Å²) in [6, 6.07) is 6.08. The molecular weight excluding hydrogens is 341 g/mol. The quantitative estimate of drug-likeness (QED) is 0.671. The first-order valence-electron chi connectivity index (χ1n) is 7.33. The second kappa shape index (κ2) is 7.62. The molecule has 0 saturated heterocycles. The average Bonchev–Trinajstić information content (AvgIpc) is 2.57. The number of ketones is 2. The van der Waals surface area contributed by atoms with Crippen molar-refractivity contribution in [1.82, 2.24) is 0 Å². The zero-order valence-electron chi connectivity index (χ0n) is 12.8. The fourth-order valence-corrected chi connectivity index (χ4v) is 2.53. The zero-order chi connectivity index (χ0) is 17.9. The standard InChI is InChI=1S/C18H14ClF3O2/c1-2-15(23)12-8-10(9-14(21)18(12)22)6-7-16(24)11-4-3-5-13(20)17(11)19/h3-5,8-9H,2,6-7H2,1H3. The number of hydrogen-bond acceptors (Lipinski definition) is 2. The molecule has 126 valence electrons. The minimum Gasteiger partial charge on any atom is -0.294 e. The normalized spacial score (nSPS) is 10.7. The minimum atomic E-state index is -1.19. The Morgan fingerprint density at radius 2 is 1.71 bits per heavy atom. The molecule has 0 radical (unpaired) electrons. The van der Waals surface area contributed by atoms with Crippen LogP contribution in [0.3, 0.4) is 0 Å². The van der Waals surface area contributed by atoms with Gasteiger partial charge in [-0.25, -0.2) is 13.2 Å². The summed E-state index contributed by atoms with van der Waals surface area (Å²) in [5, 5.41) is -0.269. The topological polar surface area (TPSA) is 34.1 Å². The molecule has 2 aromatic rings. The number of aryl methyl sites for hydroxylation is 1. The van der Waals surface area contributed by atoms with Gasteiger partial charge in [-0.2, -0.15) is 0 Å².